The normalized spacial score (nSPS) is 22.3. The maximum atomic E-state index is 11.8. The summed E-state index contributed by atoms with van der Waals surface area (Å²) in [4.78, 5) is 25.2. The van der Waals surface area contributed by atoms with E-state index >= 15 is 0 Å². The van der Waals surface area contributed by atoms with Crippen LogP contribution < -0.4 is 5.32 Å². The summed E-state index contributed by atoms with van der Waals surface area (Å²) in [6.07, 6.45) is 3.47. The molecule has 16 heavy (non-hydrogen) atoms. The Labute approximate surface area is 97.4 Å². The van der Waals surface area contributed by atoms with Gasteiger partial charge in [-0.1, -0.05) is 20.3 Å². The lowest BCUT2D eigenvalue weighted by atomic mass is 10.0. The molecule has 0 aliphatic carbocycles. The second kappa shape index (κ2) is 5.87. The second-order valence-corrected chi connectivity index (χ2v) is 4.44. The Kier molecular flexibility index (Phi) is 4.77. The molecule has 1 aliphatic heterocycles. The van der Waals surface area contributed by atoms with E-state index in [1.807, 2.05) is 6.92 Å². The Bertz CT molecular complexity index is 266. The van der Waals surface area contributed by atoms with Gasteiger partial charge < -0.3 is 10.2 Å². The number of hydrogen-bond donors (Lipinski definition) is 1. The molecule has 92 valence electrons. The Morgan fingerprint density at radius 2 is 2.25 bits per heavy atom. The SMILES string of the molecule is CCCC1CC(=O)N(C(CC)C(=O)NC)C1. The first kappa shape index (κ1) is 13.0. The van der Waals surface area contributed by atoms with Crippen LogP contribution in [0.3, 0.4) is 0 Å². The van der Waals surface area contributed by atoms with E-state index in [0.717, 1.165) is 19.4 Å². The Balaban J connectivity index is 2.65. The van der Waals surface area contributed by atoms with Crippen molar-refractivity contribution in [2.75, 3.05) is 13.6 Å². The highest BCUT2D eigenvalue weighted by Gasteiger charge is 2.35. The topological polar surface area (TPSA) is 49.4 Å². The van der Waals surface area contributed by atoms with Gasteiger partial charge in [0.05, 0.1) is 0 Å². The van der Waals surface area contributed by atoms with Crippen LogP contribution in [0.2, 0.25) is 0 Å². The van der Waals surface area contributed by atoms with E-state index < -0.39 is 0 Å². The number of hydrogen-bond acceptors (Lipinski definition) is 2. The van der Waals surface area contributed by atoms with Crippen molar-refractivity contribution in [2.45, 2.75) is 45.6 Å². The van der Waals surface area contributed by atoms with Gasteiger partial charge in [0, 0.05) is 20.0 Å². The molecule has 0 radical (unpaired) electrons. The monoisotopic (exact) mass is 226 g/mol. The van der Waals surface area contributed by atoms with Gasteiger partial charge in [-0.2, -0.15) is 0 Å². The molecule has 2 unspecified atom stereocenters. The van der Waals surface area contributed by atoms with Crippen LogP contribution in [-0.4, -0.2) is 36.3 Å². The lowest BCUT2D eigenvalue weighted by Gasteiger charge is -2.25. The van der Waals surface area contributed by atoms with E-state index in [-0.39, 0.29) is 17.9 Å². The number of carbonyl (C=O) groups excluding carboxylic acids is 2. The fraction of sp³-hybridized carbons (Fsp3) is 0.833. The molecule has 4 nitrogen and oxygen atoms in total. The van der Waals surface area contributed by atoms with Gasteiger partial charge in [0.1, 0.15) is 6.04 Å². The first-order valence-electron chi connectivity index (χ1n) is 6.15. The van der Waals surface area contributed by atoms with Crippen molar-refractivity contribution in [3.05, 3.63) is 0 Å². The molecule has 2 amide bonds. The zero-order valence-corrected chi connectivity index (χ0v) is 10.5. The molecule has 1 N–H and O–H groups in total. The number of nitrogens with one attached hydrogen (secondary N) is 1. The van der Waals surface area contributed by atoms with Crippen LogP contribution in [0, 0.1) is 5.92 Å². The third-order valence-electron chi connectivity index (χ3n) is 3.25. The predicted molar refractivity (Wildman–Crippen MR) is 62.9 cm³/mol. The maximum Gasteiger partial charge on any atom is 0.242 e. The molecule has 1 saturated heterocycles. The molecule has 1 rings (SSSR count). The quantitative estimate of drug-likeness (QED) is 0.764. The zero-order valence-electron chi connectivity index (χ0n) is 10.5. The average Bonchev–Trinajstić information content (AvgIpc) is 2.61. The summed E-state index contributed by atoms with van der Waals surface area (Å²) in [5.74, 6) is 0.526. The van der Waals surface area contributed by atoms with Crippen LogP contribution in [0.25, 0.3) is 0 Å². The molecule has 0 bridgehead atoms. The Morgan fingerprint density at radius 1 is 1.56 bits per heavy atom. The minimum atomic E-state index is -0.278. The van der Waals surface area contributed by atoms with Gasteiger partial charge in [0.15, 0.2) is 0 Å². The van der Waals surface area contributed by atoms with E-state index in [1.165, 1.54) is 0 Å². The summed E-state index contributed by atoms with van der Waals surface area (Å²) in [6, 6.07) is -0.278. The average molecular weight is 226 g/mol. The summed E-state index contributed by atoms with van der Waals surface area (Å²) < 4.78 is 0. The fourth-order valence-electron chi connectivity index (χ4n) is 2.43. The van der Waals surface area contributed by atoms with Crippen molar-refractivity contribution in [3.63, 3.8) is 0 Å². The molecular formula is C12H22N2O2. The van der Waals surface area contributed by atoms with E-state index in [2.05, 4.69) is 12.2 Å². The van der Waals surface area contributed by atoms with Gasteiger partial charge in [0.2, 0.25) is 11.8 Å². The number of carbonyl (C=O) groups is 2. The van der Waals surface area contributed by atoms with Crippen molar-refractivity contribution in [1.82, 2.24) is 10.2 Å². The van der Waals surface area contributed by atoms with E-state index in [0.29, 0.717) is 18.8 Å². The Hall–Kier alpha value is -1.06. The number of likely N-dealkylation sites (N-methyl/N-ethyl adjacent to an activating group) is 1. The standard InChI is InChI=1S/C12H22N2O2/c1-4-6-9-7-11(15)14(8-9)10(5-2)12(16)13-3/h9-10H,4-8H2,1-3H3,(H,13,16). The molecule has 2 atom stereocenters. The highest BCUT2D eigenvalue weighted by atomic mass is 16.2. The van der Waals surface area contributed by atoms with Crippen LogP contribution in [0.5, 0.6) is 0 Å². The smallest absolute Gasteiger partial charge is 0.242 e. The van der Waals surface area contributed by atoms with Gasteiger partial charge in [-0.05, 0) is 18.8 Å². The molecule has 0 aromatic rings. The summed E-state index contributed by atoms with van der Waals surface area (Å²) in [5, 5.41) is 2.63. The molecule has 1 heterocycles. The molecule has 4 heteroatoms. The summed E-state index contributed by atoms with van der Waals surface area (Å²) in [6.45, 7) is 4.82. The van der Waals surface area contributed by atoms with Gasteiger partial charge in [0.25, 0.3) is 0 Å². The number of rotatable bonds is 5. The summed E-state index contributed by atoms with van der Waals surface area (Å²) >= 11 is 0. The van der Waals surface area contributed by atoms with Crippen LogP contribution in [0.15, 0.2) is 0 Å². The first-order chi connectivity index (χ1) is 7.63. The maximum absolute atomic E-state index is 11.8. The van der Waals surface area contributed by atoms with Crippen molar-refractivity contribution >= 4 is 11.8 Å². The lowest BCUT2D eigenvalue weighted by molar-refractivity contribution is -0.137. The van der Waals surface area contributed by atoms with Gasteiger partial charge in [-0.3, -0.25) is 9.59 Å². The predicted octanol–water partition coefficient (Wildman–Crippen LogP) is 1.16. The number of nitrogens with zero attached hydrogens (tertiary/aromatic N) is 1. The van der Waals surface area contributed by atoms with Crippen LogP contribution in [-0.2, 0) is 9.59 Å². The molecule has 0 aromatic heterocycles. The number of amides is 2. The summed E-state index contributed by atoms with van der Waals surface area (Å²) in [7, 11) is 1.62. The molecule has 1 fully saturated rings. The van der Waals surface area contributed by atoms with Crippen LogP contribution in [0.1, 0.15) is 39.5 Å². The summed E-state index contributed by atoms with van der Waals surface area (Å²) in [5.41, 5.74) is 0. The van der Waals surface area contributed by atoms with E-state index in [4.69, 9.17) is 0 Å². The molecular weight excluding hydrogens is 204 g/mol. The first-order valence-corrected chi connectivity index (χ1v) is 6.15. The van der Waals surface area contributed by atoms with Gasteiger partial charge >= 0.3 is 0 Å². The van der Waals surface area contributed by atoms with Crippen LogP contribution in [0.4, 0.5) is 0 Å². The third kappa shape index (κ3) is 2.74. The van der Waals surface area contributed by atoms with E-state index in [1.54, 1.807) is 11.9 Å². The zero-order chi connectivity index (χ0) is 12.1. The minimum Gasteiger partial charge on any atom is -0.357 e. The molecule has 0 saturated carbocycles. The molecule has 0 spiro atoms. The van der Waals surface area contributed by atoms with Crippen molar-refractivity contribution in [1.29, 1.82) is 0 Å². The van der Waals surface area contributed by atoms with Crippen molar-refractivity contribution in [2.24, 2.45) is 5.92 Å². The Morgan fingerprint density at radius 3 is 2.75 bits per heavy atom. The van der Waals surface area contributed by atoms with E-state index in [9.17, 15) is 9.59 Å². The highest BCUT2D eigenvalue weighted by Crippen LogP contribution is 2.24. The van der Waals surface area contributed by atoms with Crippen molar-refractivity contribution in [3.8, 4) is 0 Å². The second-order valence-electron chi connectivity index (χ2n) is 4.44. The fourth-order valence-corrected chi connectivity index (χ4v) is 2.43. The van der Waals surface area contributed by atoms with Crippen LogP contribution >= 0.6 is 0 Å². The lowest BCUT2D eigenvalue weighted by Crippen LogP contribution is -2.46. The van der Waals surface area contributed by atoms with Gasteiger partial charge in [-0.25, -0.2) is 0 Å². The van der Waals surface area contributed by atoms with Gasteiger partial charge in [-0.15, -0.1) is 0 Å². The molecule has 1 aliphatic rings. The largest absolute Gasteiger partial charge is 0.357 e. The molecule has 0 aromatic carbocycles. The number of likely N-dealkylation sites (tertiary alicyclic amines) is 1. The minimum absolute atomic E-state index is 0.0481. The highest BCUT2D eigenvalue weighted by molar-refractivity contribution is 5.88. The van der Waals surface area contributed by atoms with Crippen molar-refractivity contribution < 1.29 is 9.59 Å². The third-order valence-corrected chi connectivity index (χ3v) is 3.25.